The lowest BCUT2D eigenvalue weighted by Crippen LogP contribution is -2.44. The maximum Gasteiger partial charge on any atom is 0.125 e. The van der Waals surface area contributed by atoms with E-state index < -0.39 is 0 Å². The Morgan fingerprint density at radius 1 is 1.00 bits per heavy atom. The molecule has 1 saturated heterocycles. The van der Waals surface area contributed by atoms with Crippen molar-refractivity contribution in [2.45, 2.75) is 13.3 Å². The molecule has 1 fully saturated rings. The second-order valence-electron chi connectivity index (χ2n) is 7.18. The van der Waals surface area contributed by atoms with E-state index in [1.807, 2.05) is 19.1 Å². The van der Waals surface area contributed by atoms with Crippen molar-refractivity contribution in [1.82, 2.24) is 9.80 Å². The fourth-order valence-electron chi connectivity index (χ4n) is 3.72. The number of likely N-dealkylation sites (N-methyl/N-ethyl adjacent to an activating group) is 1. The molecule has 2 heterocycles. The molecule has 0 aliphatic carbocycles. The first kappa shape index (κ1) is 17.2. The third kappa shape index (κ3) is 3.37. The molecule has 136 valence electrons. The summed E-state index contributed by atoms with van der Waals surface area (Å²) in [5.41, 5.74) is 4.40. The van der Waals surface area contributed by atoms with Crippen LogP contribution in [0, 0.1) is 5.82 Å². The normalized spacial score (nSPS) is 18.6. The van der Waals surface area contributed by atoms with Crippen LogP contribution in [0.15, 0.2) is 47.5 Å². The molecule has 0 unspecified atom stereocenters. The molecule has 4 rings (SSSR count). The van der Waals surface area contributed by atoms with Gasteiger partial charge < -0.3 is 4.90 Å². The summed E-state index contributed by atoms with van der Waals surface area (Å²) < 4.78 is 13.9. The molecule has 2 aromatic rings. The molecule has 0 radical (unpaired) electrons. The monoisotopic (exact) mass is 352 g/mol. The maximum absolute atomic E-state index is 13.9. The number of para-hydroxylation sites is 1. The zero-order chi connectivity index (χ0) is 18.1. The highest BCUT2D eigenvalue weighted by Gasteiger charge is 2.25. The quantitative estimate of drug-likeness (QED) is 0.610. The fraction of sp³-hybridized carbons (Fsp3) is 0.381. The highest BCUT2D eigenvalue weighted by molar-refractivity contribution is 6.05. The van der Waals surface area contributed by atoms with E-state index in [1.54, 1.807) is 12.1 Å². The maximum atomic E-state index is 13.9. The molecule has 0 saturated carbocycles. The van der Waals surface area contributed by atoms with Crippen LogP contribution in [0.3, 0.4) is 0 Å². The molecular weight excluding hydrogens is 327 g/mol. The van der Waals surface area contributed by atoms with Gasteiger partial charge >= 0.3 is 0 Å². The van der Waals surface area contributed by atoms with E-state index in [9.17, 15) is 4.39 Å². The van der Waals surface area contributed by atoms with Gasteiger partial charge in [0.15, 0.2) is 0 Å². The SMILES string of the molecule is C/C(=N\CN1CCN(C)CC1)N1c2ccccc2Cc2ccc(F)cc21. The molecule has 26 heavy (non-hydrogen) atoms. The lowest BCUT2D eigenvalue weighted by Gasteiger charge is -2.34. The van der Waals surface area contributed by atoms with Gasteiger partial charge in [0.05, 0.1) is 18.0 Å². The zero-order valence-corrected chi connectivity index (χ0v) is 15.5. The van der Waals surface area contributed by atoms with Gasteiger partial charge in [-0.3, -0.25) is 14.8 Å². The van der Waals surface area contributed by atoms with Crippen molar-refractivity contribution in [3.63, 3.8) is 0 Å². The Bertz CT molecular complexity index is 825. The molecule has 0 spiro atoms. The Hall–Kier alpha value is -2.24. The fourth-order valence-corrected chi connectivity index (χ4v) is 3.72. The van der Waals surface area contributed by atoms with Gasteiger partial charge in [0.1, 0.15) is 11.7 Å². The van der Waals surface area contributed by atoms with Gasteiger partial charge in [-0.15, -0.1) is 0 Å². The van der Waals surface area contributed by atoms with Gasteiger partial charge in [-0.2, -0.15) is 0 Å². The van der Waals surface area contributed by atoms with Crippen LogP contribution in [0.2, 0.25) is 0 Å². The lowest BCUT2D eigenvalue weighted by molar-refractivity contribution is 0.158. The Morgan fingerprint density at radius 2 is 1.73 bits per heavy atom. The summed E-state index contributed by atoms with van der Waals surface area (Å²) in [6, 6.07) is 13.4. The van der Waals surface area contributed by atoms with E-state index in [0.29, 0.717) is 6.67 Å². The van der Waals surface area contributed by atoms with Crippen LogP contribution < -0.4 is 4.90 Å². The van der Waals surface area contributed by atoms with Crippen LogP contribution in [0.25, 0.3) is 0 Å². The Labute approximate surface area is 154 Å². The summed E-state index contributed by atoms with van der Waals surface area (Å²) in [5.74, 6) is 0.697. The van der Waals surface area contributed by atoms with Crippen LogP contribution in [0.5, 0.6) is 0 Å². The minimum atomic E-state index is -0.208. The van der Waals surface area contributed by atoms with Crippen molar-refractivity contribution in [3.05, 3.63) is 59.4 Å². The zero-order valence-electron chi connectivity index (χ0n) is 15.5. The van der Waals surface area contributed by atoms with Gasteiger partial charge in [-0.1, -0.05) is 24.3 Å². The van der Waals surface area contributed by atoms with Gasteiger partial charge in [0.25, 0.3) is 0 Å². The van der Waals surface area contributed by atoms with Crippen LogP contribution >= 0.6 is 0 Å². The number of hydrogen-bond donors (Lipinski definition) is 0. The van der Waals surface area contributed by atoms with Gasteiger partial charge in [-0.25, -0.2) is 4.39 Å². The first-order chi connectivity index (χ1) is 12.6. The summed E-state index contributed by atoms with van der Waals surface area (Å²) in [7, 11) is 2.15. The number of rotatable bonds is 2. The minimum Gasteiger partial charge on any atom is -0.304 e. The van der Waals surface area contributed by atoms with E-state index in [0.717, 1.165) is 55.4 Å². The summed E-state index contributed by atoms with van der Waals surface area (Å²) in [5, 5.41) is 0. The van der Waals surface area contributed by atoms with Crippen molar-refractivity contribution in [2.24, 2.45) is 4.99 Å². The summed E-state index contributed by atoms with van der Waals surface area (Å²) in [6.07, 6.45) is 0.827. The van der Waals surface area contributed by atoms with E-state index in [2.05, 4.69) is 39.9 Å². The molecular formula is C21H25FN4. The highest BCUT2D eigenvalue weighted by Crippen LogP contribution is 2.39. The number of halogens is 1. The second kappa shape index (κ2) is 7.17. The average Bonchev–Trinajstić information content (AvgIpc) is 2.65. The third-order valence-electron chi connectivity index (χ3n) is 5.32. The Balaban J connectivity index is 1.64. The number of benzene rings is 2. The van der Waals surface area contributed by atoms with E-state index in [-0.39, 0.29) is 5.82 Å². The number of hydrogen-bond acceptors (Lipinski definition) is 3. The topological polar surface area (TPSA) is 22.1 Å². The Morgan fingerprint density at radius 3 is 2.54 bits per heavy atom. The predicted molar refractivity (Wildman–Crippen MR) is 105 cm³/mol. The summed E-state index contributed by atoms with van der Waals surface area (Å²) in [4.78, 5) is 11.7. The van der Waals surface area contributed by atoms with E-state index in [1.165, 1.54) is 5.56 Å². The molecule has 0 N–H and O–H groups in total. The number of nitrogens with zero attached hydrogens (tertiary/aromatic N) is 4. The van der Waals surface area contributed by atoms with Crippen LogP contribution in [-0.4, -0.2) is 55.5 Å². The molecule has 2 aromatic carbocycles. The molecule has 2 aliphatic rings. The standard InChI is InChI=1S/C21H25FN4/c1-16(23-15-25-11-9-24(2)10-12-25)26-20-6-4-3-5-17(20)13-18-7-8-19(22)14-21(18)26/h3-8,14H,9-13,15H2,1-2H3/b23-16+. The molecule has 0 amide bonds. The van der Waals surface area contributed by atoms with Crippen LogP contribution in [-0.2, 0) is 6.42 Å². The molecule has 0 atom stereocenters. The summed E-state index contributed by atoms with van der Waals surface area (Å²) >= 11 is 0. The van der Waals surface area contributed by atoms with Crippen molar-refractivity contribution < 1.29 is 4.39 Å². The number of aliphatic imine (C=N–C) groups is 1. The molecule has 2 aliphatic heterocycles. The van der Waals surface area contributed by atoms with Gasteiger partial charge in [0.2, 0.25) is 0 Å². The predicted octanol–water partition coefficient (Wildman–Crippen LogP) is 3.49. The van der Waals surface area contributed by atoms with Gasteiger partial charge in [0, 0.05) is 32.6 Å². The average molecular weight is 352 g/mol. The number of amidine groups is 1. The van der Waals surface area contributed by atoms with E-state index in [4.69, 9.17) is 4.99 Å². The highest BCUT2D eigenvalue weighted by atomic mass is 19.1. The first-order valence-corrected chi connectivity index (χ1v) is 9.20. The second-order valence-corrected chi connectivity index (χ2v) is 7.18. The van der Waals surface area contributed by atoms with Crippen molar-refractivity contribution in [1.29, 1.82) is 0 Å². The lowest BCUT2D eigenvalue weighted by atomic mass is 9.95. The van der Waals surface area contributed by atoms with Gasteiger partial charge in [-0.05, 0) is 43.3 Å². The smallest absolute Gasteiger partial charge is 0.125 e. The minimum absolute atomic E-state index is 0.208. The number of fused-ring (bicyclic) bond motifs is 2. The molecule has 0 bridgehead atoms. The van der Waals surface area contributed by atoms with Crippen molar-refractivity contribution in [3.8, 4) is 0 Å². The largest absolute Gasteiger partial charge is 0.304 e. The summed E-state index contributed by atoms with van der Waals surface area (Å²) in [6.45, 7) is 6.93. The first-order valence-electron chi connectivity index (χ1n) is 9.20. The molecule has 0 aromatic heterocycles. The number of anilines is 2. The van der Waals surface area contributed by atoms with Crippen LogP contribution in [0.1, 0.15) is 18.1 Å². The molecule has 4 nitrogen and oxygen atoms in total. The van der Waals surface area contributed by atoms with Crippen molar-refractivity contribution >= 4 is 17.2 Å². The third-order valence-corrected chi connectivity index (χ3v) is 5.32. The number of piperazine rings is 1. The molecule has 5 heteroatoms. The van der Waals surface area contributed by atoms with E-state index >= 15 is 0 Å². The van der Waals surface area contributed by atoms with Crippen molar-refractivity contribution in [2.75, 3.05) is 44.8 Å². The van der Waals surface area contributed by atoms with Crippen LogP contribution in [0.4, 0.5) is 15.8 Å². The Kier molecular flexibility index (Phi) is 4.74.